The minimum atomic E-state index is -3.70. The Balaban J connectivity index is 1.28. The summed E-state index contributed by atoms with van der Waals surface area (Å²) in [5.41, 5.74) is 1.91. The Labute approximate surface area is 201 Å². The molecule has 182 valence electrons. The highest BCUT2D eigenvalue weighted by atomic mass is 32.2. The molecular formula is C24H30N4O4S2. The van der Waals surface area contributed by atoms with Crippen molar-refractivity contribution in [1.29, 1.82) is 0 Å². The molecule has 3 aromatic rings. The van der Waals surface area contributed by atoms with Gasteiger partial charge in [0.2, 0.25) is 20.0 Å². The first-order valence-electron chi connectivity index (χ1n) is 11.8. The summed E-state index contributed by atoms with van der Waals surface area (Å²) in [5, 5.41) is 0. The summed E-state index contributed by atoms with van der Waals surface area (Å²) in [5.74, 6) is 1.08. The summed E-state index contributed by atoms with van der Waals surface area (Å²) >= 11 is 0. The van der Waals surface area contributed by atoms with Gasteiger partial charge in [-0.2, -0.15) is 8.61 Å². The molecule has 10 heteroatoms. The van der Waals surface area contributed by atoms with E-state index in [1.54, 1.807) is 0 Å². The molecule has 1 N–H and O–H groups in total. The lowest BCUT2D eigenvalue weighted by Gasteiger charge is -2.32. The van der Waals surface area contributed by atoms with Crippen molar-refractivity contribution >= 4 is 31.1 Å². The second-order valence-corrected chi connectivity index (χ2v) is 13.1. The first-order valence-corrected chi connectivity index (χ1v) is 14.7. The number of aromatic nitrogens is 2. The van der Waals surface area contributed by atoms with Gasteiger partial charge in [0.05, 0.1) is 20.8 Å². The van der Waals surface area contributed by atoms with Gasteiger partial charge in [0.1, 0.15) is 5.82 Å². The van der Waals surface area contributed by atoms with E-state index < -0.39 is 20.0 Å². The number of nitrogens with one attached hydrogen (secondary N) is 1. The van der Waals surface area contributed by atoms with Crippen LogP contribution in [0.15, 0.2) is 58.3 Å². The highest BCUT2D eigenvalue weighted by molar-refractivity contribution is 7.89. The number of rotatable bonds is 5. The molecule has 1 unspecified atom stereocenters. The molecule has 2 aliphatic heterocycles. The molecule has 0 amide bonds. The van der Waals surface area contributed by atoms with Crippen LogP contribution in [-0.2, 0) is 20.0 Å². The number of hydrogen-bond donors (Lipinski definition) is 1. The number of hydrogen-bond acceptors (Lipinski definition) is 5. The third-order valence-corrected chi connectivity index (χ3v) is 11.0. The third kappa shape index (κ3) is 4.28. The maximum atomic E-state index is 13.2. The number of H-pyrrole nitrogens is 1. The second-order valence-electron chi connectivity index (χ2n) is 9.25. The van der Waals surface area contributed by atoms with E-state index >= 15 is 0 Å². The second kappa shape index (κ2) is 9.07. The van der Waals surface area contributed by atoms with Crippen LogP contribution in [0, 0.1) is 0 Å². The van der Waals surface area contributed by atoms with E-state index in [1.807, 2.05) is 31.2 Å². The molecule has 2 aliphatic rings. The van der Waals surface area contributed by atoms with Gasteiger partial charge in [-0.3, -0.25) is 0 Å². The Morgan fingerprint density at radius 1 is 0.824 bits per heavy atom. The topological polar surface area (TPSA) is 103 Å². The molecule has 0 radical (unpaired) electrons. The van der Waals surface area contributed by atoms with Crippen molar-refractivity contribution in [2.45, 2.75) is 60.8 Å². The molecule has 8 nitrogen and oxygen atoms in total. The zero-order valence-corrected chi connectivity index (χ0v) is 20.9. The van der Waals surface area contributed by atoms with Crippen LogP contribution in [0.25, 0.3) is 11.0 Å². The monoisotopic (exact) mass is 502 g/mol. The Hall–Kier alpha value is -2.27. The Kier molecular flexibility index (Phi) is 6.26. The minimum absolute atomic E-state index is 0.0461. The van der Waals surface area contributed by atoms with Crippen molar-refractivity contribution < 1.29 is 16.8 Å². The molecule has 0 aliphatic carbocycles. The van der Waals surface area contributed by atoms with Crippen LogP contribution in [0.1, 0.15) is 50.8 Å². The molecule has 0 saturated carbocycles. The zero-order chi connectivity index (χ0) is 23.9. The van der Waals surface area contributed by atoms with Crippen LogP contribution in [0.5, 0.6) is 0 Å². The highest BCUT2D eigenvalue weighted by Gasteiger charge is 2.33. The van der Waals surface area contributed by atoms with Crippen molar-refractivity contribution in [2.24, 2.45) is 0 Å². The average Bonchev–Trinajstić information content (AvgIpc) is 3.29. The van der Waals surface area contributed by atoms with Gasteiger partial charge in [-0.1, -0.05) is 18.6 Å². The first-order chi connectivity index (χ1) is 16.3. The fraction of sp³-hybridized carbons (Fsp3) is 0.458. The van der Waals surface area contributed by atoms with Gasteiger partial charge in [0.25, 0.3) is 0 Å². The summed E-state index contributed by atoms with van der Waals surface area (Å²) in [7, 11) is -7.33. The predicted molar refractivity (Wildman–Crippen MR) is 130 cm³/mol. The van der Waals surface area contributed by atoms with Gasteiger partial charge in [-0.05, 0) is 69.0 Å². The Morgan fingerprint density at radius 3 is 2.12 bits per heavy atom. The van der Waals surface area contributed by atoms with Gasteiger partial charge < -0.3 is 4.98 Å². The Morgan fingerprint density at radius 2 is 1.47 bits per heavy atom. The predicted octanol–water partition coefficient (Wildman–Crippen LogP) is 3.69. The van der Waals surface area contributed by atoms with E-state index in [1.165, 1.54) is 32.9 Å². The van der Waals surface area contributed by atoms with E-state index in [9.17, 15) is 16.8 Å². The number of imidazole rings is 1. The van der Waals surface area contributed by atoms with E-state index in [4.69, 9.17) is 0 Å². The maximum absolute atomic E-state index is 13.2. The van der Waals surface area contributed by atoms with Crippen molar-refractivity contribution in [3.8, 4) is 0 Å². The first kappa shape index (κ1) is 23.5. The number of para-hydroxylation sites is 2. The van der Waals surface area contributed by atoms with Gasteiger partial charge in [0.15, 0.2) is 0 Å². The fourth-order valence-electron chi connectivity index (χ4n) is 5.03. The minimum Gasteiger partial charge on any atom is -0.342 e. The van der Waals surface area contributed by atoms with Crippen LogP contribution in [0.3, 0.4) is 0 Å². The SMILES string of the molecule is CC1CCCCN1S(=O)(=O)c1ccc(S(=O)(=O)N2CCC(c3nc4ccccc4[nH]3)CC2)cc1. The summed E-state index contributed by atoms with van der Waals surface area (Å²) in [6.07, 6.45) is 4.07. The number of nitrogens with zero attached hydrogens (tertiary/aromatic N) is 3. The average molecular weight is 503 g/mol. The summed E-state index contributed by atoms with van der Waals surface area (Å²) in [6, 6.07) is 13.5. The maximum Gasteiger partial charge on any atom is 0.243 e. The number of sulfonamides is 2. The summed E-state index contributed by atoms with van der Waals surface area (Å²) in [4.78, 5) is 8.30. The number of benzene rings is 2. The normalized spacial score (nSPS) is 21.7. The van der Waals surface area contributed by atoms with Crippen LogP contribution in [0.4, 0.5) is 0 Å². The van der Waals surface area contributed by atoms with Crippen molar-refractivity contribution in [3.05, 3.63) is 54.4 Å². The number of piperidine rings is 2. The van der Waals surface area contributed by atoms with Crippen molar-refractivity contribution in [1.82, 2.24) is 18.6 Å². The van der Waals surface area contributed by atoms with Crippen LogP contribution in [-0.4, -0.2) is 61.1 Å². The van der Waals surface area contributed by atoms with E-state index in [0.29, 0.717) is 32.5 Å². The van der Waals surface area contributed by atoms with Gasteiger partial charge in [-0.25, -0.2) is 21.8 Å². The number of fused-ring (bicyclic) bond motifs is 1. The van der Waals surface area contributed by atoms with Crippen molar-refractivity contribution in [2.75, 3.05) is 19.6 Å². The lowest BCUT2D eigenvalue weighted by atomic mass is 9.97. The van der Waals surface area contributed by atoms with Crippen molar-refractivity contribution in [3.63, 3.8) is 0 Å². The number of aromatic amines is 1. The summed E-state index contributed by atoms with van der Waals surface area (Å²) < 4.78 is 55.6. The summed E-state index contributed by atoms with van der Waals surface area (Å²) in [6.45, 7) is 3.22. The molecule has 2 saturated heterocycles. The quantitative estimate of drug-likeness (QED) is 0.573. The van der Waals surface area contributed by atoms with E-state index in [-0.39, 0.29) is 21.8 Å². The standard InChI is InChI=1S/C24H30N4O4S2/c1-18-6-4-5-15-28(18)34(31,32)21-11-9-20(10-12-21)33(29,30)27-16-13-19(14-17-27)24-25-22-7-2-3-8-23(22)26-24/h2-3,7-12,18-19H,4-6,13-17H2,1H3,(H,25,26). The lowest BCUT2D eigenvalue weighted by molar-refractivity contribution is 0.268. The largest absolute Gasteiger partial charge is 0.342 e. The molecule has 1 atom stereocenters. The van der Waals surface area contributed by atoms with Crippen LogP contribution in [0.2, 0.25) is 0 Å². The molecule has 34 heavy (non-hydrogen) atoms. The molecule has 3 heterocycles. The van der Waals surface area contributed by atoms with Crippen LogP contribution < -0.4 is 0 Å². The smallest absolute Gasteiger partial charge is 0.243 e. The molecule has 0 spiro atoms. The van der Waals surface area contributed by atoms with Crippen LogP contribution >= 0.6 is 0 Å². The Bertz CT molecular complexity index is 1340. The van der Waals surface area contributed by atoms with E-state index in [2.05, 4.69) is 9.97 Å². The van der Waals surface area contributed by atoms with Gasteiger partial charge in [-0.15, -0.1) is 0 Å². The van der Waals surface area contributed by atoms with E-state index in [0.717, 1.165) is 36.1 Å². The molecule has 1 aromatic heterocycles. The molecule has 0 bridgehead atoms. The zero-order valence-electron chi connectivity index (χ0n) is 19.2. The highest BCUT2D eigenvalue weighted by Crippen LogP contribution is 2.31. The third-order valence-electron chi connectivity index (χ3n) is 7.06. The lowest BCUT2D eigenvalue weighted by Crippen LogP contribution is -2.41. The molecule has 2 aromatic carbocycles. The molecular weight excluding hydrogens is 472 g/mol. The molecule has 2 fully saturated rings. The van der Waals surface area contributed by atoms with Gasteiger partial charge >= 0.3 is 0 Å². The fourth-order valence-corrected chi connectivity index (χ4v) is 8.20. The van der Waals surface area contributed by atoms with Gasteiger partial charge in [0, 0.05) is 31.6 Å². The molecule has 5 rings (SSSR count).